The summed E-state index contributed by atoms with van der Waals surface area (Å²) in [6.07, 6.45) is 0.733. The van der Waals surface area contributed by atoms with Gasteiger partial charge in [0.1, 0.15) is 0 Å². The van der Waals surface area contributed by atoms with Crippen molar-refractivity contribution >= 4 is 21.8 Å². The molecule has 0 spiro atoms. The normalized spacial score (nSPS) is 15.2. The number of benzene rings is 1. The monoisotopic (exact) mass is 419 g/mol. The summed E-state index contributed by atoms with van der Waals surface area (Å²) in [7, 11) is -3.76. The number of carbonyl (C=O) groups is 2. The van der Waals surface area contributed by atoms with E-state index in [1.54, 1.807) is 0 Å². The van der Waals surface area contributed by atoms with Gasteiger partial charge in [-0.25, -0.2) is 8.42 Å². The minimum atomic E-state index is -3.76. The van der Waals surface area contributed by atoms with Crippen LogP contribution in [0.1, 0.15) is 28.2 Å². The minimum Gasteiger partial charge on any atom is -0.354 e. The molecule has 0 bridgehead atoms. The maximum Gasteiger partial charge on any atom is 0.251 e. The molecule has 1 saturated heterocycles. The molecule has 10 heteroatoms. The fourth-order valence-corrected chi connectivity index (χ4v) is 4.58. The molecular weight excluding hydrogens is 394 g/mol. The summed E-state index contributed by atoms with van der Waals surface area (Å²) >= 11 is 0. The van der Waals surface area contributed by atoms with E-state index in [2.05, 4.69) is 15.7 Å². The third-order valence-corrected chi connectivity index (χ3v) is 6.55. The maximum atomic E-state index is 12.6. The fraction of sp³-hybridized carbons (Fsp3) is 0.421. The largest absolute Gasteiger partial charge is 0.354 e. The zero-order chi connectivity index (χ0) is 21.0. The van der Waals surface area contributed by atoms with Gasteiger partial charge in [0.15, 0.2) is 0 Å². The Morgan fingerprint density at radius 2 is 1.97 bits per heavy atom. The van der Waals surface area contributed by atoms with Gasteiger partial charge < -0.3 is 10.6 Å². The summed E-state index contributed by atoms with van der Waals surface area (Å²) in [6, 6.07) is 7.75. The molecule has 2 amide bonds. The predicted molar refractivity (Wildman–Crippen MR) is 107 cm³/mol. The van der Waals surface area contributed by atoms with Gasteiger partial charge in [-0.15, -0.1) is 0 Å². The van der Waals surface area contributed by atoms with Gasteiger partial charge in [0.2, 0.25) is 15.9 Å². The lowest BCUT2D eigenvalue weighted by atomic mass is 10.2. The molecular formula is C19H25N5O4S. The first-order chi connectivity index (χ1) is 13.8. The molecule has 156 valence electrons. The standard InChI is InChI=1S/C19H25N5O4S/c1-14-12-15(2)24(22-14)10-3-8-21-19(26)16-4-6-17(7-5-16)29(27,28)23-11-9-20-18(25)13-23/h4-7,12H,3,8-11,13H2,1-2H3,(H,20,25)(H,21,26). The summed E-state index contributed by atoms with van der Waals surface area (Å²) in [6.45, 7) is 5.45. The number of hydrogen-bond donors (Lipinski definition) is 2. The molecule has 0 aliphatic carbocycles. The van der Waals surface area contributed by atoms with E-state index >= 15 is 0 Å². The zero-order valence-electron chi connectivity index (χ0n) is 16.5. The molecule has 0 unspecified atom stereocenters. The predicted octanol–water partition coefficient (Wildman–Crippen LogP) is 0.441. The molecule has 0 atom stereocenters. The Labute approximate surface area is 170 Å². The second-order valence-electron chi connectivity index (χ2n) is 6.97. The highest BCUT2D eigenvalue weighted by atomic mass is 32.2. The third-order valence-electron chi connectivity index (χ3n) is 4.69. The molecule has 2 N–H and O–H groups in total. The van der Waals surface area contributed by atoms with Crippen LogP contribution in [0.15, 0.2) is 35.2 Å². The maximum absolute atomic E-state index is 12.6. The number of hydrogen-bond acceptors (Lipinski definition) is 5. The molecule has 1 aromatic carbocycles. The van der Waals surface area contributed by atoms with Gasteiger partial charge in [0.25, 0.3) is 5.91 Å². The Bertz CT molecular complexity index is 998. The number of aromatic nitrogens is 2. The van der Waals surface area contributed by atoms with Crippen molar-refractivity contribution in [1.82, 2.24) is 24.7 Å². The van der Waals surface area contributed by atoms with Crippen molar-refractivity contribution in [2.24, 2.45) is 0 Å². The van der Waals surface area contributed by atoms with Crippen LogP contribution in [0.25, 0.3) is 0 Å². The Kier molecular flexibility index (Phi) is 6.33. The second-order valence-corrected chi connectivity index (χ2v) is 8.91. The molecule has 0 saturated carbocycles. The van der Waals surface area contributed by atoms with Gasteiger partial charge in [0.05, 0.1) is 17.1 Å². The zero-order valence-corrected chi connectivity index (χ0v) is 17.3. The van der Waals surface area contributed by atoms with Gasteiger partial charge in [-0.3, -0.25) is 14.3 Å². The Balaban J connectivity index is 1.54. The molecule has 2 aromatic rings. The van der Waals surface area contributed by atoms with Crippen molar-refractivity contribution in [3.63, 3.8) is 0 Å². The van der Waals surface area contributed by atoms with E-state index in [4.69, 9.17) is 0 Å². The number of carbonyl (C=O) groups excluding carboxylic acids is 2. The summed E-state index contributed by atoms with van der Waals surface area (Å²) in [5.74, 6) is -0.587. The van der Waals surface area contributed by atoms with Crippen LogP contribution >= 0.6 is 0 Å². The number of piperazine rings is 1. The quantitative estimate of drug-likeness (QED) is 0.633. The van der Waals surface area contributed by atoms with E-state index < -0.39 is 10.0 Å². The van der Waals surface area contributed by atoms with Crippen molar-refractivity contribution in [2.75, 3.05) is 26.2 Å². The van der Waals surface area contributed by atoms with E-state index in [1.165, 1.54) is 24.3 Å². The van der Waals surface area contributed by atoms with Gasteiger partial charge in [-0.2, -0.15) is 9.40 Å². The van der Waals surface area contributed by atoms with E-state index in [-0.39, 0.29) is 36.3 Å². The van der Waals surface area contributed by atoms with Crippen LogP contribution in [0.5, 0.6) is 0 Å². The van der Waals surface area contributed by atoms with Crippen molar-refractivity contribution in [2.45, 2.75) is 31.7 Å². The molecule has 29 heavy (non-hydrogen) atoms. The summed E-state index contributed by atoms with van der Waals surface area (Å²) in [4.78, 5) is 23.8. The van der Waals surface area contributed by atoms with Gasteiger partial charge in [-0.1, -0.05) is 0 Å². The third kappa shape index (κ3) is 5.01. The SMILES string of the molecule is Cc1cc(C)n(CCCNC(=O)c2ccc(S(=O)(=O)N3CCNC(=O)C3)cc2)n1. The highest BCUT2D eigenvalue weighted by Crippen LogP contribution is 2.17. The lowest BCUT2D eigenvalue weighted by molar-refractivity contribution is -0.122. The molecule has 9 nitrogen and oxygen atoms in total. The Morgan fingerprint density at radius 1 is 1.24 bits per heavy atom. The van der Waals surface area contributed by atoms with Crippen LogP contribution in [0.4, 0.5) is 0 Å². The summed E-state index contributed by atoms with van der Waals surface area (Å²) in [5.41, 5.74) is 2.43. The highest BCUT2D eigenvalue weighted by molar-refractivity contribution is 7.89. The van der Waals surface area contributed by atoms with Crippen molar-refractivity contribution in [3.8, 4) is 0 Å². The smallest absolute Gasteiger partial charge is 0.251 e. The number of aryl methyl sites for hydroxylation is 3. The molecule has 1 aromatic heterocycles. The van der Waals surface area contributed by atoms with Crippen LogP contribution < -0.4 is 10.6 Å². The Hall–Kier alpha value is -2.72. The first-order valence-electron chi connectivity index (χ1n) is 9.43. The average molecular weight is 420 g/mol. The summed E-state index contributed by atoms with van der Waals surface area (Å²) in [5, 5.41) is 9.80. The molecule has 1 aliphatic heterocycles. The first kappa shape index (κ1) is 21.0. The highest BCUT2D eigenvalue weighted by Gasteiger charge is 2.29. The van der Waals surface area contributed by atoms with E-state index in [9.17, 15) is 18.0 Å². The molecule has 0 radical (unpaired) electrons. The van der Waals surface area contributed by atoms with Crippen LogP contribution in [0, 0.1) is 13.8 Å². The molecule has 3 rings (SSSR count). The fourth-order valence-electron chi connectivity index (χ4n) is 3.18. The van der Waals surface area contributed by atoms with Crippen LogP contribution in [-0.4, -0.2) is 60.5 Å². The molecule has 1 aliphatic rings. The number of nitrogens with one attached hydrogen (secondary N) is 2. The van der Waals surface area contributed by atoms with E-state index in [0.29, 0.717) is 18.7 Å². The van der Waals surface area contributed by atoms with Crippen molar-refractivity contribution < 1.29 is 18.0 Å². The first-order valence-corrected chi connectivity index (χ1v) is 10.9. The number of sulfonamides is 1. The Morgan fingerprint density at radius 3 is 2.59 bits per heavy atom. The lowest BCUT2D eigenvalue weighted by Gasteiger charge is -2.25. The van der Waals surface area contributed by atoms with E-state index in [0.717, 1.165) is 22.1 Å². The number of amides is 2. The van der Waals surface area contributed by atoms with E-state index in [1.807, 2.05) is 24.6 Å². The number of nitrogens with zero attached hydrogens (tertiary/aromatic N) is 3. The average Bonchev–Trinajstić information content (AvgIpc) is 3.02. The second kappa shape index (κ2) is 8.75. The van der Waals surface area contributed by atoms with Crippen LogP contribution in [0.2, 0.25) is 0 Å². The van der Waals surface area contributed by atoms with Gasteiger partial charge in [-0.05, 0) is 50.6 Å². The van der Waals surface area contributed by atoms with Crippen LogP contribution in [0.3, 0.4) is 0 Å². The lowest BCUT2D eigenvalue weighted by Crippen LogP contribution is -2.49. The minimum absolute atomic E-state index is 0.0632. The van der Waals surface area contributed by atoms with Gasteiger partial charge >= 0.3 is 0 Å². The van der Waals surface area contributed by atoms with Crippen LogP contribution in [-0.2, 0) is 21.4 Å². The number of rotatable bonds is 7. The molecule has 1 fully saturated rings. The molecule has 2 heterocycles. The van der Waals surface area contributed by atoms with Crippen molar-refractivity contribution in [1.29, 1.82) is 0 Å². The summed E-state index contributed by atoms with van der Waals surface area (Å²) < 4.78 is 28.3. The van der Waals surface area contributed by atoms with Gasteiger partial charge in [0, 0.05) is 37.4 Å². The topological polar surface area (TPSA) is 113 Å². The van der Waals surface area contributed by atoms with Crippen molar-refractivity contribution in [3.05, 3.63) is 47.3 Å².